The van der Waals surface area contributed by atoms with Crippen molar-refractivity contribution < 1.29 is 9.21 Å². The second-order valence-corrected chi connectivity index (χ2v) is 6.93. The number of amides is 1. The van der Waals surface area contributed by atoms with Crippen LogP contribution in [0.25, 0.3) is 11.1 Å². The Morgan fingerprint density at radius 3 is 2.92 bits per heavy atom. The highest BCUT2D eigenvalue weighted by Crippen LogP contribution is 2.28. The zero-order chi connectivity index (χ0) is 16.5. The number of nitrogens with zero attached hydrogens (tertiary/aromatic N) is 3. The molecule has 2 aliphatic heterocycles. The molecule has 0 spiro atoms. The standard InChI is InChI=1S/C18H24N4O2/c1-21-11-9-13(12-21)19-17(23)15-7-4-5-10-22(15)18-20-14-6-2-3-8-16(14)24-18/h2-3,6,8,13,15H,4-5,7,9-12H2,1H3,(H,19,23)/t13-,15-/m0/s1. The fourth-order valence-corrected chi connectivity index (χ4v) is 3.77. The summed E-state index contributed by atoms with van der Waals surface area (Å²) in [7, 11) is 2.09. The van der Waals surface area contributed by atoms with E-state index in [-0.39, 0.29) is 18.0 Å². The van der Waals surface area contributed by atoms with Crippen molar-refractivity contribution >= 4 is 23.0 Å². The van der Waals surface area contributed by atoms with Crippen LogP contribution in [-0.4, -0.2) is 54.6 Å². The summed E-state index contributed by atoms with van der Waals surface area (Å²) in [5.74, 6) is 0.109. The summed E-state index contributed by atoms with van der Waals surface area (Å²) in [5.41, 5.74) is 1.62. The van der Waals surface area contributed by atoms with Gasteiger partial charge in [0.1, 0.15) is 11.6 Å². The van der Waals surface area contributed by atoms with Crippen LogP contribution in [0.5, 0.6) is 0 Å². The van der Waals surface area contributed by atoms with Gasteiger partial charge in [0.2, 0.25) is 5.91 Å². The molecule has 2 atom stereocenters. The predicted octanol–water partition coefficient (Wildman–Crippen LogP) is 2.01. The quantitative estimate of drug-likeness (QED) is 0.934. The Morgan fingerprint density at radius 1 is 1.25 bits per heavy atom. The molecule has 6 nitrogen and oxygen atoms in total. The maximum Gasteiger partial charge on any atom is 0.299 e. The first-order valence-corrected chi connectivity index (χ1v) is 8.82. The SMILES string of the molecule is CN1CC[C@H](NC(=O)[C@@H]2CCCCN2c2nc3ccccc3o2)C1. The Morgan fingerprint density at radius 2 is 2.12 bits per heavy atom. The van der Waals surface area contributed by atoms with E-state index in [1.54, 1.807) is 0 Å². The van der Waals surface area contributed by atoms with Crippen molar-refractivity contribution in [3.63, 3.8) is 0 Å². The normalized spacial score (nSPS) is 25.3. The maximum atomic E-state index is 12.8. The van der Waals surface area contributed by atoms with Crippen LogP contribution >= 0.6 is 0 Å². The van der Waals surface area contributed by atoms with Crippen LogP contribution in [-0.2, 0) is 4.79 Å². The molecule has 2 aliphatic rings. The van der Waals surface area contributed by atoms with Crippen LogP contribution in [0.4, 0.5) is 6.01 Å². The van der Waals surface area contributed by atoms with Gasteiger partial charge in [-0.2, -0.15) is 4.98 Å². The first kappa shape index (κ1) is 15.4. The van der Waals surface area contributed by atoms with E-state index >= 15 is 0 Å². The summed E-state index contributed by atoms with van der Waals surface area (Å²) < 4.78 is 5.90. The largest absolute Gasteiger partial charge is 0.423 e. The van der Waals surface area contributed by atoms with Crippen molar-refractivity contribution in [1.29, 1.82) is 0 Å². The third-order valence-corrected chi connectivity index (χ3v) is 5.07. The highest BCUT2D eigenvalue weighted by molar-refractivity contribution is 5.85. The lowest BCUT2D eigenvalue weighted by atomic mass is 10.0. The monoisotopic (exact) mass is 328 g/mol. The summed E-state index contributed by atoms with van der Waals surface area (Å²) in [4.78, 5) is 21.7. The van der Waals surface area contributed by atoms with Gasteiger partial charge in [-0.15, -0.1) is 0 Å². The number of likely N-dealkylation sites (N-methyl/N-ethyl adjacent to an activating group) is 1. The summed E-state index contributed by atoms with van der Waals surface area (Å²) in [5, 5.41) is 3.22. The summed E-state index contributed by atoms with van der Waals surface area (Å²) in [6.07, 6.45) is 4.01. The highest BCUT2D eigenvalue weighted by atomic mass is 16.4. The number of aromatic nitrogens is 1. The number of hydrogen-bond donors (Lipinski definition) is 1. The molecule has 2 aromatic rings. The molecule has 6 heteroatoms. The molecule has 0 saturated carbocycles. The van der Waals surface area contributed by atoms with Crippen molar-refractivity contribution in [2.75, 3.05) is 31.6 Å². The van der Waals surface area contributed by atoms with Gasteiger partial charge in [-0.05, 0) is 51.4 Å². The third-order valence-electron chi connectivity index (χ3n) is 5.07. The van der Waals surface area contributed by atoms with Gasteiger partial charge in [-0.25, -0.2) is 0 Å². The first-order chi connectivity index (χ1) is 11.7. The molecule has 0 bridgehead atoms. The van der Waals surface area contributed by atoms with E-state index in [2.05, 4.69) is 22.2 Å². The molecule has 1 N–H and O–H groups in total. The number of piperidine rings is 1. The van der Waals surface area contributed by atoms with Gasteiger partial charge in [0, 0.05) is 19.1 Å². The molecule has 1 aromatic carbocycles. The average Bonchev–Trinajstić information content (AvgIpc) is 3.20. The van der Waals surface area contributed by atoms with Gasteiger partial charge in [-0.1, -0.05) is 12.1 Å². The number of para-hydroxylation sites is 2. The molecule has 0 aliphatic carbocycles. The molecular weight excluding hydrogens is 304 g/mol. The van der Waals surface area contributed by atoms with E-state index in [1.807, 2.05) is 29.2 Å². The number of carbonyl (C=O) groups excluding carboxylic acids is 1. The molecule has 3 heterocycles. The molecule has 0 unspecified atom stereocenters. The number of fused-ring (bicyclic) bond motifs is 1. The molecule has 1 aromatic heterocycles. The highest BCUT2D eigenvalue weighted by Gasteiger charge is 2.33. The Kier molecular flexibility index (Phi) is 4.14. The van der Waals surface area contributed by atoms with Crippen molar-refractivity contribution in [1.82, 2.24) is 15.2 Å². The van der Waals surface area contributed by atoms with E-state index in [0.717, 1.165) is 56.4 Å². The van der Waals surface area contributed by atoms with Crippen molar-refractivity contribution in [2.45, 2.75) is 37.8 Å². The molecule has 1 amide bonds. The number of likely N-dealkylation sites (tertiary alicyclic amines) is 1. The smallest absolute Gasteiger partial charge is 0.299 e. The minimum Gasteiger partial charge on any atom is -0.423 e. The van der Waals surface area contributed by atoms with Gasteiger partial charge in [0.05, 0.1) is 0 Å². The Labute approximate surface area is 141 Å². The van der Waals surface area contributed by atoms with Crippen LogP contribution in [0.15, 0.2) is 28.7 Å². The fourth-order valence-electron chi connectivity index (χ4n) is 3.77. The summed E-state index contributed by atoms with van der Waals surface area (Å²) >= 11 is 0. The molecule has 128 valence electrons. The molecular formula is C18H24N4O2. The summed E-state index contributed by atoms with van der Waals surface area (Å²) in [6.45, 7) is 2.79. The van der Waals surface area contributed by atoms with E-state index in [9.17, 15) is 4.79 Å². The zero-order valence-electron chi connectivity index (χ0n) is 14.1. The number of nitrogens with one attached hydrogen (secondary N) is 1. The van der Waals surface area contributed by atoms with Crippen LogP contribution in [0.1, 0.15) is 25.7 Å². The topological polar surface area (TPSA) is 61.6 Å². The van der Waals surface area contributed by atoms with Gasteiger partial charge in [0.25, 0.3) is 6.01 Å². The average molecular weight is 328 g/mol. The second kappa shape index (κ2) is 6.43. The maximum absolute atomic E-state index is 12.8. The van der Waals surface area contributed by atoms with Crippen LogP contribution < -0.4 is 10.2 Å². The minimum absolute atomic E-state index is 0.109. The van der Waals surface area contributed by atoms with E-state index < -0.39 is 0 Å². The number of hydrogen-bond acceptors (Lipinski definition) is 5. The molecule has 2 saturated heterocycles. The van der Waals surface area contributed by atoms with Gasteiger partial charge >= 0.3 is 0 Å². The van der Waals surface area contributed by atoms with Gasteiger partial charge in [-0.3, -0.25) is 4.79 Å². The van der Waals surface area contributed by atoms with E-state index in [0.29, 0.717) is 6.01 Å². The zero-order valence-corrected chi connectivity index (χ0v) is 14.1. The molecule has 24 heavy (non-hydrogen) atoms. The predicted molar refractivity (Wildman–Crippen MR) is 93.0 cm³/mol. The van der Waals surface area contributed by atoms with Crippen LogP contribution in [0, 0.1) is 0 Å². The Bertz CT molecular complexity index is 696. The fraction of sp³-hybridized carbons (Fsp3) is 0.556. The first-order valence-electron chi connectivity index (χ1n) is 8.82. The number of carbonyl (C=O) groups is 1. The lowest BCUT2D eigenvalue weighted by molar-refractivity contribution is -0.123. The summed E-state index contributed by atoms with van der Waals surface area (Å²) in [6, 6.07) is 8.39. The van der Waals surface area contributed by atoms with Crippen molar-refractivity contribution in [3.05, 3.63) is 24.3 Å². The van der Waals surface area contributed by atoms with E-state index in [1.165, 1.54) is 0 Å². The second-order valence-electron chi connectivity index (χ2n) is 6.93. The molecule has 4 rings (SSSR count). The number of anilines is 1. The third kappa shape index (κ3) is 2.98. The van der Waals surface area contributed by atoms with Gasteiger partial charge < -0.3 is 19.5 Å². The molecule has 0 radical (unpaired) electrons. The van der Waals surface area contributed by atoms with Crippen molar-refractivity contribution in [3.8, 4) is 0 Å². The number of rotatable bonds is 3. The van der Waals surface area contributed by atoms with Crippen LogP contribution in [0.3, 0.4) is 0 Å². The van der Waals surface area contributed by atoms with Crippen LogP contribution in [0.2, 0.25) is 0 Å². The lowest BCUT2D eigenvalue weighted by Crippen LogP contribution is -2.52. The molecule has 2 fully saturated rings. The lowest BCUT2D eigenvalue weighted by Gasteiger charge is -2.34. The van der Waals surface area contributed by atoms with Crippen molar-refractivity contribution in [2.24, 2.45) is 0 Å². The minimum atomic E-state index is -0.183. The Balaban J connectivity index is 1.53. The van der Waals surface area contributed by atoms with E-state index in [4.69, 9.17) is 4.42 Å². The number of oxazole rings is 1. The number of benzene rings is 1. The Hall–Kier alpha value is -2.08. The van der Waals surface area contributed by atoms with Gasteiger partial charge in [0.15, 0.2) is 5.58 Å².